The van der Waals surface area contributed by atoms with Crippen LogP contribution in [-0.2, 0) is 17.6 Å². The van der Waals surface area contributed by atoms with Crippen LogP contribution in [-0.4, -0.2) is 29.0 Å². The summed E-state index contributed by atoms with van der Waals surface area (Å²) in [6, 6.07) is 11.3. The Kier molecular flexibility index (Phi) is 6.58. The third kappa shape index (κ3) is 5.38. The van der Waals surface area contributed by atoms with Crippen LogP contribution in [0.4, 0.5) is 8.78 Å². The van der Waals surface area contributed by atoms with Crippen LogP contribution in [0.2, 0.25) is 0 Å². The molecule has 0 saturated carbocycles. The van der Waals surface area contributed by atoms with Crippen LogP contribution in [0.1, 0.15) is 24.1 Å². The Labute approximate surface area is 183 Å². The largest absolute Gasteiger partial charge is 0.484 e. The number of halogens is 2. The van der Waals surface area contributed by atoms with Crippen molar-refractivity contribution in [3.05, 3.63) is 81.8 Å². The Balaban J connectivity index is 1.33. The number of carbonyl (C=O) groups excluding carboxylic acids is 1. The van der Waals surface area contributed by atoms with Gasteiger partial charge in [-0.3, -0.25) is 9.59 Å². The second-order valence-electron chi connectivity index (χ2n) is 7.84. The molecule has 4 rings (SSSR count). The summed E-state index contributed by atoms with van der Waals surface area (Å²) in [5.41, 5.74) is 1.90. The van der Waals surface area contributed by atoms with Crippen LogP contribution < -0.4 is 15.6 Å². The van der Waals surface area contributed by atoms with Crippen molar-refractivity contribution < 1.29 is 18.3 Å². The Morgan fingerprint density at radius 2 is 1.69 bits per heavy atom. The van der Waals surface area contributed by atoms with E-state index in [0.717, 1.165) is 18.5 Å². The first kappa shape index (κ1) is 21.7. The number of aromatic amines is 1. The number of ether oxygens (including phenoxy) is 1. The molecule has 2 N–H and O–H groups in total. The minimum absolute atomic E-state index is 0.152. The molecule has 8 heteroatoms. The van der Waals surface area contributed by atoms with Crippen molar-refractivity contribution in [2.75, 3.05) is 13.2 Å². The summed E-state index contributed by atoms with van der Waals surface area (Å²) in [6.07, 6.45) is 2.74. The first-order chi connectivity index (χ1) is 15.5. The molecule has 1 aliphatic carbocycles. The van der Waals surface area contributed by atoms with Gasteiger partial charge in [-0.05, 0) is 80.1 Å². The SMILES string of the molecule is O=C(COc1ccc(F)cc1)NCC1CCc2nc(-c3ccc(F)cc3)[nH]c(=O)c2CC1. The van der Waals surface area contributed by atoms with Crippen molar-refractivity contribution >= 4 is 5.91 Å². The quantitative estimate of drug-likeness (QED) is 0.577. The Morgan fingerprint density at radius 3 is 2.41 bits per heavy atom. The molecule has 1 unspecified atom stereocenters. The predicted molar refractivity (Wildman–Crippen MR) is 115 cm³/mol. The number of aromatic nitrogens is 2. The number of nitrogens with one attached hydrogen (secondary N) is 2. The summed E-state index contributed by atoms with van der Waals surface area (Å²) in [5.74, 6) is 0.0820. The molecule has 0 radical (unpaired) electrons. The van der Waals surface area contributed by atoms with Crippen LogP contribution >= 0.6 is 0 Å². The van der Waals surface area contributed by atoms with Gasteiger partial charge in [0.15, 0.2) is 6.61 Å². The van der Waals surface area contributed by atoms with E-state index in [1.165, 1.54) is 36.4 Å². The van der Waals surface area contributed by atoms with E-state index in [2.05, 4.69) is 15.3 Å². The summed E-state index contributed by atoms with van der Waals surface area (Å²) in [6.45, 7) is 0.323. The molecule has 1 amide bonds. The third-order valence-electron chi connectivity index (χ3n) is 5.58. The van der Waals surface area contributed by atoms with Gasteiger partial charge < -0.3 is 15.0 Å². The van der Waals surface area contributed by atoms with Crippen LogP contribution in [0, 0.1) is 17.6 Å². The molecule has 1 heterocycles. The molecule has 0 spiro atoms. The van der Waals surface area contributed by atoms with Crippen molar-refractivity contribution in [1.29, 1.82) is 0 Å². The highest BCUT2D eigenvalue weighted by Crippen LogP contribution is 2.23. The number of fused-ring (bicyclic) bond motifs is 1. The lowest BCUT2D eigenvalue weighted by molar-refractivity contribution is -0.123. The topological polar surface area (TPSA) is 84.1 Å². The molecule has 0 bridgehead atoms. The molecule has 2 aromatic carbocycles. The van der Waals surface area contributed by atoms with Gasteiger partial charge in [-0.15, -0.1) is 0 Å². The summed E-state index contributed by atoms with van der Waals surface area (Å²) in [7, 11) is 0. The highest BCUT2D eigenvalue weighted by molar-refractivity contribution is 5.77. The molecule has 0 saturated heterocycles. The second-order valence-corrected chi connectivity index (χ2v) is 7.84. The van der Waals surface area contributed by atoms with E-state index >= 15 is 0 Å². The number of H-pyrrole nitrogens is 1. The number of carbonyl (C=O) groups is 1. The van der Waals surface area contributed by atoms with Gasteiger partial charge in [0.05, 0.1) is 5.69 Å². The fraction of sp³-hybridized carbons (Fsp3) is 0.292. The number of rotatable bonds is 6. The molecular formula is C24H23F2N3O3. The number of amides is 1. The van der Waals surface area contributed by atoms with E-state index in [1.54, 1.807) is 12.1 Å². The molecule has 0 aliphatic heterocycles. The number of benzene rings is 2. The zero-order valence-electron chi connectivity index (χ0n) is 17.4. The second kappa shape index (κ2) is 9.72. The molecule has 0 fully saturated rings. The van der Waals surface area contributed by atoms with Gasteiger partial charge in [0.25, 0.3) is 11.5 Å². The zero-order valence-corrected chi connectivity index (χ0v) is 17.4. The first-order valence-corrected chi connectivity index (χ1v) is 10.5. The smallest absolute Gasteiger partial charge is 0.257 e. The predicted octanol–water partition coefficient (Wildman–Crippen LogP) is 3.41. The van der Waals surface area contributed by atoms with Crippen LogP contribution in [0.3, 0.4) is 0 Å². The Morgan fingerprint density at radius 1 is 1.03 bits per heavy atom. The molecule has 3 aromatic rings. The van der Waals surface area contributed by atoms with Crippen molar-refractivity contribution in [3.8, 4) is 17.1 Å². The van der Waals surface area contributed by atoms with E-state index in [9.17, 15) is 18.4 Å². The summed E-state index contributed by atoms with van der Waals surface area (Å²) >= 11 is 0. The first-order valence-electron chi connectivity index (χ1n) is 10.5. The third-order valence-corrected chi connectivity index (χ3v) is 5.58. The highest BCUT2D eigenvalue weighted by atomic mass is 19.1. The van der Waals surface area contributed by atoms with Crippen molar-refractivity contribution in [1.82, 2.24) is 15.3 Å². The molecule has 166 valence electrons. The van der Waals surface area contributed by atoms with Gasteiger partial charge in [0, 0.05) is 17.7 Å². The molecule has 1 aliphatic rings. The highest BCUT2D eigenvalue weighted by Gasteiger charge is 2.21. The molecule has 32 heavy (non-hydrogen) atoms. The number of hydrogen-bond acceptors (Lipinski definition) is 4. The van der Waals surface area contributed by atoms with Crippen molar-refractivity contribution in [3.63, 3.8) is 0 Å². The monoisotopic (exact) mass is 439 g/mol. The van der Waals surface area contributed by atoms with Crippen LogP contribution in [0.25, 0.3) is 11.4 Å². The fourth-order valence-electron chi connectivity index (χ4n) is 3.78. The van der Waals surface area contributed by atoms with Gasteiger partial charge in [-0.1, -0.05) is 0 Å². The zero-order chi connectivity index (χ0) is 22.5. The van der Waals surface area contributed by atoms with E-state index in [4.69, 9.17) is 4.74 Å². The maximum atomic E-state index is 13.2. The fourth-order valence-corrected chi connectivity index (χ4v) is 3.78. The van der Waals surface area contributed by atoms with Crippen molar-refractivity contribution in [2.45, 2.75) is 25.7 Å². The standard InChI is InChI=1S/C24H23F2N3O3/c25-17-5-3-16(4-6-17)23-28-21-12-2-15(1-11-20(21)24(31)29-23)13-27-22(30)14-32-19-9-7-18(26)8-10-19/h3-10,15H,1-2,11-14H2,(H,27,30)(H,28,29,31). The lowest BCUT2D eigenvalue weighted by atomic mass is 10.00. The lowest BCUT2D eigenvalue weighted by Gasteiger charge is -2.15. The van der Waals surface area contributed by atoms with E-state index in [1.807, 2.05) is 0 Å². The van der Waals surface area contributed by atoms with E-state index in [0.29, 0.717) is 42.1 Å². The maximum Gasteiger partial charge on any atom is 0.257 e. The van der Waals surface area contributed by atoms with Gasteiger partial charge in [-0.25, -0.2) is 13.8 Å². The Hall–Kier alpha value is -3.55. The molecular weight excluding hydrogens is 416 g/mol. The average Bonchev–Trinajstić information content (AvgIpc) is 3.00. The minimum atomic E-state index is -0.366. The molecule has 6 nitrogen and oxygen atoms in total. The van der Waals surface area contributed by atoms with Gasteiger partial charge in [0.2, 0.25) is 0 Å². The van der Waals surface area contributed by atoms with Crippen molar-refractivity contribution in [2.24, 2.45) is 5.92 Å². The van der Waals surface area contributed by atoms with Gasteiger partial charge >= 0.3 is 0 Å². The summed E-state index contributed by atoms with van der Waals surface area (Å²) in [4.78, 5) is 32.1. The lowest BCUT2D eigenvalue weighted by Crippen LogP contribution is -2.33. The minimum Gasteiger partial charge on any atom is -0.484 e. The van der Waals surface area contributed by atoms with Crippen LogP contribution in [0.5, 0.6) is 5.75 Å². The molecule has 1 atom stereocenters. The summed E-state index contributed by atoms with van der Waals surface area (Å²) < 4.78 is 31.5. The Bertz CT molecular complexity index is 1140. The van der Waals surface area contributed by atoms with Crippen LogP contribution in [0.15, 0.2) is 53.3 Å². The normalized spacial score (nSPS) is 15.5. The van der Waals surface area contributed by atoms with Gasteiger partial charge in [-0.2, -0.15) is 0 Å². The van der Waals surface area contributed by atoms with E-state index in [-0.39, 0.29) is 35.6 Å². The number of hydrogen-bond donors (Lipinski definition) is 2. The van der Waals surface area contributed by atoms with E-state index < -0.39 is 0 Å². The molecule has 1 aromatic heterocycles. The van der Waals surface area contributed by atoms with Gasteiger partial charge in [0.1, 0.15) is 23.2 Å². The number of aryl methyl sites for hydroxylation is 1. The maximum absolute atomic E-state index is 13.2. The average molecular weight is 439 g/mol. The number of nitrogens with zero attached hydrogens (tertiary/aromatic N) is 1. The summed E-state index contributed by atoms with van der Waals surface area (Å²) in [5, 5.41) is 2.87.